The lowest BCUT2D eigenvalue weighted by Crippen LogP contribution is -2.22. The van der Waals surface area contributed by atoms with Crippen LogP contribution in [0.1, 0.15) is 26.5 Å². The topological polar surface area (TPSA) is 54.9 Å². The van der Waals surface area contributed by atoms with Crippen LogP contribution in [0, 0.1) is 6.92 Å². The predicted octanol–water partition coefficient (Wildman–Crippen LogP) is 2.80. The fourth-order valence-corrected chi connectivity index (χ4v) is 2.13. The summed E-state index contributed by atoms with van der Waals surface area (Å²) in [5, 5.41) is 6.24. The highest BCUT2D eigenvalue weighted by atomic mass is 32.1. The minimum Gasteiger partial charge on any atom is -0.347 e. The van der Waals surface area contributed by atoms with Crippen LogP contribution in [-0.4, -0.2) is 15.5 Å². The quantitative estimate of drug-likeness (QED) is 0.948. The molecule has 1 amide bonds. The van der Waals surface area contributed by atoms with Crippen molar-refractivity contribution in [2.75, 3.05) is 0 Å². The molecule has 0 atom stereocenters. The van der Waals surface area contributed by atoms with Crippen LogP contribution in [0.5, 0.6) is 0 Å². The predicted molar refractivity (Wildman–Crippen MR) is 67.3 cm³/mol. The Balaban J connectivity index is 2.05. The number of halogens is 3. The van der Waals surface area contributed by atoms with Crippen LogP contribution in [0.3, 0.4) is 0 Å². The number of carbonyl (C=O) groups excluding carboxylic acids is 1. The fourth-order valence-electron chi connectivity index (χ4n) is 1.56. The molecule has 0 bridgehead atoms. The average Bonchev–Trinajstić information content (AvgIpc) is 2.82. The van der Waals surface area contributed by atoms with Crippen molar-refractivity contribution >= 4 is 17.4 Å². The zero-order valence-electron chi connectivity index (χ0n) is 10.4. The molecule has 1 aromatic heterocycles. The monoisotopic (exact) mass is 301 g/mol. The normalized spacial score (nSPS) is 11.4. The number of hydrogen-bond acceptors (Lipinski definition) is 4. The number of aryl methyl sites for hydroxylation is 1. The first-order chi connectivity index (χ1) is 9.38. The molecule has 2 rings (SSSR count). The van der Waals surface area contributed by atoms with Crippen molar-refractivity contribution in [1.29, 1.82) is 0 Å². The zero-order chi connectivity index (χ0) is 14.8. The van der Waals surface area contributed by atoms with E-state index in [2.05, 4.69) is 14.9 Å². The van der Waals surface area contributed by atoms with Crippen molar-refractivity contribution in [3.05, 3.63) is 46.0 Å². The van der Waals surface area contributed by atoms with Gasteiger partial charge in [0.15, 0.2) is 0 Å². The summed E-state index contributed by atoms with van der Waals surface area (Å²) >= 11 is 0.947. The van der Waals surface area contributed by atoms with Gasteiger partial charge in [0, 0.05) is 6.54 Å². The average molecular weight is 301 g/mol. The van der Waals surface area contributed by atoms with E-state index >= 15 is 0 Å². The standard InChI is InChI=1S/C12H10F3N3OS/c1-7-10(20-18-17-7)11(19)16-6-8-3-2-4-9(5-8)12(13,14)15/h2-5H,6H2,1H3,(H,16,19). The van der Waals surface area contributed by atoms with Gasteiger partial charge in [0.1, 0.15) is 4.88 Å². The van der Waals surface area contributed by atoms with Gasteiger partial charge in [-0.25, -0.2) is 0 Å². The number of nitrogens with one attached hydrogen (secondary N) is 1. The smallest absolute Gasteiger partial charge is 0.347 e. The SMILES string of the molecule is Cc1nnsc1C(=O)NCc1cccc(C(F)(F)F)c1. The summed E-state index contributed by atoms with van der Waals surface area (Å²) in [6, 6.07) is 4.83. The van der Waals surface area contributed by atoms with E-state index in [4.69, 9.17) is 0 Å². The Bertz CT molecular complexity index is 624. The summed E-state index contributed by atoms with van der Waals surface area (Å²) in [6.07, 6.45) is -4.39. The second kappa shape index (κ2) is 5.58. The van der Waals surface area contributed by atoms with Crippen molar-refractivity contribution in [3.8, 4) is 0 Å². The van der Waals surface area contributed by atoms with E-state index in [9.17, 15) is 18.0 Å². The molecular weight excluding hydrogens is 291 g/mol. The number of rotatable bonds is 3. The lowest BCUT2D eigenvalue weighted by atomic mass is 10.1. The number of benzene rings is 1. The number of aromatic nitrogens is 2. The van der Waals surface area contributed by atoms with Crippen molar-refractivity contribution < 1.29 is 18.0 Å². The summed E-state index contributed by atoms with van der Waals surface area (Å²) in [7, 11) is 0. The molecule has 0 unspecified atom stereocenters. The lowest BCUT2D eigenvalue weighted by Gasteiger charge is -2.09. The Kier molecular flexibility index (Phi) is 4.03. The largest absolute Gasteiger partial charge is 0.416 e. The maximum Gasteiger partial charge on any atom is 0.416 e. The molecule has 20 heavy (non-hydrogen) atoms. The number of hydrogen-bond donors (Lipinski definition) is 1. The summed E-state index contributed by atoms with van der Waals surface area (Å²) in [4.78, 5) is 12.1. The van der Waals surface area contributed by atoms with E-state index in [1.165, 1.54) is 12.1 Å². The third-order valence-corrected chi connectivity index (χ3v) is 3.39. The van der Waals surface area contributed by atoms with Gasteiger partial charge in [-0.15, -0.1) is 5.10 Å². The van der Waals surface area contributed by atoms with Gasteiger partial charge in [-0.05, 0) is 36.2 Å². The molecule has 0 spiro atoms. The second-order valence-electron chi connectivity index (χ2n) is 4.07. The van der Waals surface area contributed by atoms with E-state index in [0.29, 0.717) is 16.1 Å². The highest BCUT2D eigenvalue weighted by molar-refractivity contribution is 7.07. The Morgan fingerprint density at radius 2 is 2.15 bits per heavy atom. The first kappa shape index (κ1) is 14.4. The van der Waals surface area contributed by atoms with Crippen LogP contribution >= 0.6 is 11.5 Å². The second-order valence-corrected chi connectivity index (χ2v) is 4.82. The van der Waals surface area contributed by atoms with E-state index in [1.54, 1.807) is 6.92 Å². The minimum absolute atomic E-state index is 0.0140. The van der Waals surface area contributed by atoms with E-state index in [-0.39, 0.29) is 6.54 Å². The molecule has 8 heteroatoms. The third-order valence-electron chi connectivity index (χ3n) is 2.57. The maximum atomic E-state index is 12.5. The molecule has 0 saturated carbocycles. The fraction of sp³-hybridized carbons (Fsp3) is 0.250. The molecule has 0 radical (unpaired) electrons. The van der Waals surface area contributed by atoms with Gasteiger partial charge in [-0.1, -0.05) is 16.6 Å². The van der Waals surface area contributed by atoms with Gasteiger partial charge in [-0.3, -0.25) is 4.79 Å². The Labute approximate surface area is 116 Å². The Morgan fingerprint density at radius 3 is 2.75 bits per heavy atom. The molecule has 0 aliphatic carbocycles. The molecule has 0 aliphatic rings. The van der Waals surface area contributed by atoms with E-state index in [1.807, 2.05) is 0 Å². The van der Waals surface area contributed by atoms with Crippen LogP contribution in [-0.2, 0) is 12.7 Å². The van der Waals surface area contributed by atoms with Gasteiger partial charge >= 0.3 is 6.18 Å². The molecule has 1 heterocycles. The Hall–Kier alpha value is -1.96. The highest BCUT2D eigenvalue weighted by Gasteiger charge is 2.30. The molecule has 106 valence electrons. The van der Waals surface area contributed by atoms with Crippen LogP contribution in [0.4, 0.5) is 13.2 Å². The lowest BCUT2D eigenvalue weighted by molar-refractivity contribution is -0.137. The molecule has 4 nitrogen and oxygen atoms in total. The van der Waals surface area contributed by atoms with E-state index < -0.39 is 17.6 Å². The molecule has 2 aromatic rings. The third kappa shape index (κ3) is 3.32. The van der Waals surface area contributed by atoms with Crippen molar-refractivity contribution in [1.82, 2.24) is 14.9 Å². The first-order valence-corrected chi connectivity index (χ1v) is 6.38. The van der Waals surface area contributed by atoms with Crippen molar-refractivity contribution in [3.63, 3.8) is 0 Å². The number of amides is 1. The summed E-state index contributed by atoms with van der Waals surface area (Å²) < 4.78 is 41.2. The zero-order valence-corrected chi connectivity index (χ0v) is 11.2. The molecule has 1 aromatic carbocycles. The Morgan fingerprint density at radius 1 is 1.40 bits per heavy atom. The maximum absolute atomic E-state index is 12.5. The molecule has 0 aliphatic heterocycles. The van der Waals surface area contributed by atoms with Gasteiger partial charge in [-0.2, -0.15) is 13.2 Å². The molecule has 0 saturated heterocycles. The van der Waals surface area contributed by atoms with Gasteiger partial charge in [0.2, 0.25) is 0 Å². The number of nitrogens with zero attached hydrogens (tertiary/aromatic N) is 2. The van der Waals surface area contributed by atoms with Crippen LogP contribution in [0.15, 0.2) is 24.3 Å². The molecule has 1 N–H and O–H groups in total. The summed E-state index contributed by atoms with van der Waals surface area (Å²) in [5.41, 5.74) is 0.139. The first-order valence-electron chi connectivity index (χ1n) is 5.61. The van der Waals surface area contributed by atoms with Crippen molar-refractivity contribution in [2.45, 2.75) is 19.6 Å². The molecular formula is C12H10F3N3OS. The van der Waals surface area contributed by atoms with Gasteiger partial charge in [0.05, 0.1) is 11.3 Å². The van der Waals surface area contributed by atoms with Gasteiger partial charge < -0.3 is 5.32 Å². The van der Waals surface area contributed by atoms with Crippen LogP contribution in [0.2, 0.25) is 0 Å². The molecule has 0 fully saturated rings. The summed E-state index contributed by atoms with van der Waals surface area (Å²) in [6.45, 7) is 1.66. The highest BCUT2D eigenvalue weighted by Crippen LogP contribution is 2.29. The summed E-state index contributed by atoms with van der Waals surface area (Å²) in [5.74, 6) is -0.394. The van der Waals surface area contributed by atoms with Crippen LogP contribution in [0.25, 0.3) is 0 Å². The van der Waals surface area contributed by atoms with Gasteiger partial charge in [0.25, 0.3) is 5.91 Å². The van der Waals surface area contributed by atoms with Crippen LogP contribution < -0.4 is 5.32 Å². The van der Waals surface area contributed by atoms with E-state index in [0.717, 1.165) is 23.7 Å². The number of alkyl halides is 3. The minimum atomic E-state index is -4.39. The van der Waals surface area contributed by atoms with Crippen molar-refractivity contribution in [2.24, 2.45) is 0 Å². The number of carbonyl (C=O) groups is 1.